The van der Waals surface area contributed by atoms with Crippen molar-refractivity contribution < 1.29 is 4.43 Å². The predicted octanol–water partition coefficient (Wildman–Crippen LogP) is 5.09. The lowest BCUT2D eigenvalue weighted by atomic mass is 10.2. The van der Waals surface area contributed by atoms with Gasteiger partial charge in [-0.25, -0.2) is 0 Å². The summed E-state index contributed by atoms with van der Waals surface area (Å²) >= 11 is 0. The third kappa shape index (κ3) is 6.04. The summed E-state index contributed by atoms with van der Waals surface area (Å²) in [5.41, 5.74) is 2.18. The van der Waals surface area contributed by atoms with Crippen LogP contribution in [0.15, 0.2) is 36.5 Å². The third-order valence-corrected chi connectivity index (χ3v) is 8.13. The van der Waals surface area contributed by atoms with Gasteiger partial charge in [-0.05, 0) is 30.1 Å². The van der Waals surface area contributed by atoms with E-state index in [1.54, 1.807) is 0 Å². The minimum atomic E-state index is -1.46. The number of hydrogen-bond donors (Lipinski definition) is 0. The van der Waals surface area contributed by atoms with Crippen LogP contribution in [0.2, 0.25) is 18.1 Å². The lowest BCUT2D eigenvalue weighted by molar-refractivity contribution is 0.336. The van der Waals surface area contributed by atoms with E-state index in [2.05, 4.69) is 40.9 Å². The van der Waals surface area contributed by atoms with Crippen LogP contribution in [0, 0.1) is 0 Å². The summed E-state index contributed by atoms with van der Waals surface area (Å²) in [7, 11) is -1.46. The summed E-state index contributed by atoms with van der Waals surface area (Å²) in [6, 6.07) is 3.58. The zero-order valence-electron chi connectivity index (χ0n) is 12.0. The number of hydrogen-bond acceptors (Lipinski definition) is 1. The standard InChI is InChI=1S/C15H28OSi/c1-7-14(5)11-12-15(6)13-16-17(8-2,9-3)10-4/h11-12H,5-10,13H2,1-4H3/b12-11-. The van der Waals surface area contributed by atoms with Crippen LogP contribution < -0.4 is 0 Å². The van der Waals surface area contributed by atoms with Crippen LogP contribution in [-0.4, -0.2) is 14.9 Å². The summed E-state index contributed by atoms with van der Waals surface area (Å²) in [5.74, 6) is 0. The van der Waals surface area contributed by atoms with Crippen molar-refractivity contribution in [1.82, 2.24) is 0 Å². The molecule has 0 fully saturated rings. The molecule has 0 rings (SSSR count). The molecular weight excluding hydrogens is 224 g/mol. The summed E-state index contributed by atoms with van der Waals surface area (Å²) in [4.78, 5) is 0. The molecule has 1 nitrogen and oxygen atoms in total. The van der Waals surface area contributed by atoms with E-state index in [1.807, 2.05) is 12.2 Å². The summed E-state index contributed by atoms with van der Waals surface area (Å²) in [5, 5.41) is 0. The Hall–Kier alpha value is -0.603. The first-order chi connectivity index (χ1) is 8.03. The van der Waals surface area contributed by atoms with Crippen molar-refractivity contribution in [2.45, 2.75) is 52.2 Å². The molecule has 2 heteroatoms. The van der Waals surface area contributed by atoms with Crippen molar-refractivity contribution in [2.24, 2.45) is 0 Å². The molecule has 0 aliphatic rings. The molecule has 0 saturated carbocycles. The second-order valence-electron chi connectivity index (χ2n) is 4.54. The summed E-state index contributed by atoms with van der Waals surface area (Å²) in [6.07, 6.45) is 5.06. The quantitative estimate of drug-likeness (QED) is 0.410. The van der Waals surface area contributed by atoms with Crippen LogP contribution in [0.25, 0.3) is 0 Å². The largest absolute Gasteiger partial charge is 0.413 e. The van der Waals surface area contributed by atoms with Gasteiger partial charge in [-0.1, -0.05) is 58.6 Å². The van der Waals surface area contributed by atoms with Crippen LogP contribution in [-0.2, 0) is 4.43 Å². The van der Waals surface area contributed by atoms with E-state index in [0.717, 1.165) is 17.6 Å². The SMILES string of the molecule is C=C(/C=C\C(=C)CO[Si](CC)(CC)CC)CC. The Kier molecular flexibility index (Phi) is 8.18. The van der Waals surface area contributed by atoms with Gasteiger partial charge in [-0.15, -0.1) is 0 Å². The Morgan fingerprint density at radius 2 is 1.41 bits per heavy atom. The highest BCUT2D eigenvalue weighted by Crippen LogP contribution is 2.22. The highest BCUT2D eigenvalue weighted by Gasteiger charge is 2.28. The van der Waals surface area contributed by atoms with Crippen LogP contribution >= 0.6 is 0 Å². The average Bonchev–Trinajstić information content (AvgIpc) is 2.38. The Morgan fingerprint density at radius 1 is 0.941 bits per heavy atom. The highest BCUT2D eigenvalue weighted by molar-refractivity contribution is 6.73. The Balaban J connectivity index is 4.23. The molecule has 17 heavy (non-hydrogen) atoms. The Labute approximate surface area is 108 Å². The lowest BCUT2D eigenvalue weighted by Gasteiger charge is -2.28. The topological polar surface area (TPSA) is 9.23 Å². The lowest BCUT2D eigenvalue weighted by Crippen LogP contribution is -2.36. The van der Waals surface area contributed by atoms with E-state index in [9.17, 15) is 0 Å². The molecule has 98 valence electrons. The fourth-order valence-electron chi connectivity index (χ4n) is 1.70. The van der Waals surface area contributed by atoms with Crippen molar-refractivity contribution in [3.63, 3.8) is 0 Å². The fourth-order valence-corrected chi connectivity index (χ4v) is 4.31. The molecule has 0 bridgehead atoms. The van der Waals surface area contributed by atoms with Crippen molar-refractivity contribution >= 4 is 8.32 Å². The molecule has 0 heterocycles. The molecule has 0 aromatic carbocycles. The number of rotatable bonds is 9. The Bertz CT molecular complexity index is 266. The van der Waals surface area contributed by atoms with Crippen molar-refractivity contribution in [1.29, 1.82) is 0 Å². The maximum atomic E-state index is 6.16. The van der Waals surface area contributed by atoms with E-state index in [4.69, 9.17) is 4.43 Å². The molecule has 0 aliphatic heterocycles. The monoisotopic (exact) mass is 252 g/mol. The number of allylic oxidation sites excluding steroid dienone is 2. The van der Waals surface area contributed by atoms with Gasteiger partial charge in [0.15, 0.2) is 8.32 Å². The molecule has 0 aliphatic carbocycles. The molecule has 0 radical (unpaired) electrons. The van der Waals surface area contributed by atoms with Crippen LogP contribution in [0.1, 0.15) is 34.1 Å². The third-order valence-electron chi connectivity index (χ3n) is 3.51. The minimum absolute atomic E-state index is 0.676. The van der Waals surface area contributed by atoms with Gasteiger partial charge in [0.2, 0.25) is 0 Å². The van der Waals surface area contributed by atoms with Crippen molar-refractivity contribution in [3.05, 3.63) is 36.5 Å². The first-order valence-corrected chi connectivity index (χ1v) is 9.24. The molecule has 0 N–H and O–H groups in total. The van der Waals surface area contributed by atoms with Crippen molar-refractivity contribution in [3.8, 4) is 0 Å². The summed E-state index contributed by atoms with van der Waals surface area (Å²) in [6.45, 7) is 17.5. The predicted molar refractivity (Wildman–Crippen MR) is 80.9 cm³/mol. The molecule has 0 aromatic rings. The van der Waals surface area contributed by atoms with Crippen molar-refractivity contribution in [2.75, 3.05) is 6.61 Å². The van der Waals surface area contributed by atoms with Gasteiger partial charge >= 0.3 is 0 Å². The molecule has 0 spiro atoms. The molecule has 0 saturated heterocycles. The minimum Gasteiger partial charge on any atom is -0.413 e. The highest BCUT2D eigenvalue weighted by atomic mass is 28.4. The zero-order valence-corrected chi connectivity index (χ0v) is 13.0. The second kappa shape index (κ2) is 8.48. The van der Waals surface area contributed by atoms with Crippen LogP contribution in [0.5, 0.6) is 0 Å². The van der Waals surface area contributed by atoms with Crippen LogP contribution in [0.3, 0.4) is 0 Å². The molecule has 0 aromatic heterocycles. The van der Waals surface area contributed by atoms with E-state index >= 15 is 0 Å². The maximum Gasteiger partial charge on any atom is 0.192 e. The van der Waals surface area contributed by atoms with Gasteiger partial charge in [-0.3, -0.25) is 0 Å². The van der Waals surface area contributed by atoms with E-state index in [0.29, 0.717) is 6.61 Å². The van der Waals surface area contributed by atoms with Gasteiger partial charge in [0.1, 0.15) is 0 Å². The van der Waals surface area contributed by atoms with E-state index < -0.39 is 8.32 Å². The van der Waals surface area contributed by atoms with E-state index in [1.165, 1.54) is 18.1 Å². The molecular formula is C15H28OSi. The Morgan fingerprint density at radius 3 is 1.82 bits per heavy atom. The fraction of sp³-hybridized carbons (Fsp3) is 0.600. The van der Waals surface area contributed by atoms with Gasteiger partial charge in [-0.2, -0.15) is 0 Å². The normalized spacial score (nSPS) is 12.0. The van der Waals surface area contributed by atoms with Gasteiger partial charge in [0, 0.05) is 0 Å². The van der Waals surface area contributed by atoms with Gasteiger partial charge in [0.05, 0.1) is 6.61 Å². The molecule has 0 amide bonds. The summed E-state index contributed by atoms with van der Waals surface area (Å²) < 4.78 is 6.16. The van der Waals surface area contributed by atoms with Gasteiger partial charge < -0.3 is 4.43 Å². The average molecular weight is 252 g/mol. The zero-order chi connectivity index (χ0) is 13.3. The maximum absolute atomic E-state index is 6.16. The van der Waals surface area contributed by atoms with E-state index in [-0.39, 0.29) is 0 Å². The molecule has 0 atom stereocenters. The molecule has 0 unspecified atom stereocenters. The first-order valence-electron chi connectivity index (χ1n) is 6.71. The first kappa shape index (κ1) is 16.4. The van der Waals surface area contributed by atoms with Crippen LogP contribution in [0.4, 0.5) is 0 Å². The van der Waals surface area contributed by atoms with Gasteiger partial charge in [0.25, 0.3) is 0 Å². The smallest absolute Gasteiger partial charge is 0.192 e. The second-order valence-corrected chi connectivity index (χ2v) is 9.31.